The van der Waals surface area contributed by atoms with Crippen LogP contribution in [-0.4, -0.2) is 29.9 Å². The minimum absolute atomic E-state index is 0.271. The number of hydrogen-bond donors (Lipinski definition) is 3. The van der Waals surface area contributed by atoms with Crippen molar-refractivity contribution >= 4 is 10.8 Å². The molecule has 0 heterocycles. The summed E-state index contributed by atoms with van der Waals surface area (Å²) in [6.07, 6.45) is -1.97. The van der Waals surface area contributed by atoms with Crippen molar-refractivity contribution in [2.75, 3.05) is 13.6 Å². The van der Waals surface area contributed by atoms with E-state index < -0.39 is 12.2 Å². The maximum atomic E-state index is 13.6. The molecule has 0 aliphatic carbocycles. The smallest absolute Gasteiger partial charge is 0.131 e. The molecule has 4 heteroatoms. The molecule has 2 aromatic rings. The monoisotopic (exact) mass is 249 g/mol. The number of aliphatic hydroxyl groups excluding tert-OH is 2. The Morgan fingerprint density at radius 2 is 1.78 bits per heavy atom. The van der Waals surface area contributed by atoms with Gasteiger partial charge in [0, 0.05) is 11.9 Å². The van der Waals surface area contributed by atoms with Gasteiger partial charge in [-0.15, -0.1) is 0 Å². The molecule has 18 heavy (non-hydrogen) atoms. The number of likely N-dealkylation sites (N-methyl/N-ethyl adjacent to an activating group) is 1. The lowest BCUT2D eigenvalue weighted by Crippen LogP contribution is -2.29. The molecule has 3 N–H and O–H groups in total. The highest BCUT2D eigenvalue weighted by Gasteiger charge is 2.20. The fourth-order valence-electron chi connectivity index (χ4n) is 2.07. The zero-order valence-electron chi connectivity index (χ0n) is 10.1. The lowest BCUT2D eigenvalue weighted by Gasteiger charge is -2.19. The number of hydrogen-bond acceptors (Lipinski definition) is 3. The van der Waals surface area contributed by atoms with Crippen LogP contribution in [0.5, 0.6) is 0 Å². The standard InChI is InChI=1S/C14H16FNO2/c1-16-8-13(17)14(18)11-6-7-12(15)10-5-3-2-4-9(10)11/h2-7,13-14,16-18H,8H2,1H3. The van der Waals surface area contributed by atoms with Crippen molar-refractivity contribution in [3.05, 3.63) is 47.8 Å². The molecule has 0 radical (unpaired) electrons. The molecule has 0 saturated heterocycles. The van der Waals surface area contributed by atoms with E-state index in [1.54, 1.807) is 31.3 Å². The van der Waals surface area contributed by atoms with Crippen LogP contribution in [0.15, 0.2) is 36.4 Å². The van der Waals surface area contributed by atoms with E-state index in [9.17, 15) is 14.6 Å². The minimum Gasteiger partial charge on any atom is -0.389 e. The fourth-order valence-corrected chi connectivity index (χ4v) is 2.07. The summed E-state index contributed by atoms with van der Waals surface area (Å²) in [6.45, 7) is 0.271. The van der Waals surface area contributed by atoms with E-state index in [1.165, 1.54) is 12.1 Å². The highest BCUT2D eigenvalue weighted by atomic mass is 19.1. The fraction of sp³-hybridized carbons (Fsp3) is 0.286. The van der Waals surface area contributed by atoms with Crippen molar-refractivity contribution in [3.8, 4) is 0 Å². The van der Waals surface area contributed by atoms with Gasteiger partial charge in [0.2, 0.25) is 0 Å². The number of fused-ring (bicyclic) bond motifs is 1. The zero-order chi connectivity index (χ0) is 13.1. The van der Waals surface area contributed by atoms with Gasteiger partial charge in [-0.2, -0.15) is 0 Å². The quantitative estimate of drug-likeness (QED) is 0.771. The van der Waals surface area contributed by atoms with Crippen molar-refractivity contribution in [3.63, 3.8) is 0 Å². The molecule has 0 aliphatic rings. The number of halogens is 1. The molecular weight excluding hydrogens is 233 g/mol. The summed E-state index contributed by atoms with van der Waals surface area (Å²) < 4.78 is 13.6. The predicted molar refractivity (Wildman–Crippen MR) is 68.8 cm³/mol. The molecule has 0 aromatic heterocycles. The molecule has 0 aliphatic heterocycles. The van der Waals surface area contributed by atoms with Gasteiger partial charge in [0.25, 0.3) is 0 Å². The topological polar surface area (TPSA) is 52.5 Å². The third-order valence-electron chi connectivity index (χ3n) is 3.00. The normalized spacial score (nSPS) is 14.7. The summed E-state index contributed by atoms with van der Waals surface area (Å²) >= 11 is 0. The van der Waals surface area contributed by atoms with Gasteiger partial charge in [-0.3, -0.25) is 0 Å². The van der Waals surface area contributed by atoms with Crippen LogP contribution in [-0.2, 0) is 0 Å². The Bertz CT molecular complexity index is 544. The number of rotatable bonds is 4. The number of benzene rings is 2. The van der Waals surface area contributed by atoms with Crippen molar-refractivity contribution in [1.29, 1.82) is 0 Å². The van der Waals surface area contributed by atoms with E-state index in [1.807, 2.05) is 0 Å². The Balaban J connectivity index is 2.48. The summed E-state index contributed by atoms with van der Waals surface area (Å²) in [5.74, 6) is -0.329. The molecule has 0 amide bonds. The van der Waals surface area contributed by atoms with Gasteiger partial charge in [-0.25, -0.2) is 4.39 Å². The highest BCUT2D eigenvalue weighted by Crippen LogP contribution is 2.28. The zero-order valence-corrected chi connectivity index (χ0v) is 10.1. The summed E-state index contributed by atoms with van der Waals surface area (Å²) in [4.78, 5) is 0. The second-order valence-electron chi connectivity index (χ2n) is 4.25. The van der Waals surface area contributed by atoms with Crippen molar-refractivity contribution in [2.45, 2.75) is 12.2 Å². The first-order chi connectivity index (χ1) is 8.65. The van der Waals surface area contributed by atoms with Crippen molar-refractivity contribution < 1.29 is 14.6 Å². The van der Waals surface area contributed by atoms with Gasteiger partial charge in [0.1, 0.15) is 11.9 Å². The average Bonchev–Trinajstić information content (AvgIpc) is 2.39. The van der Waals surface area contributed by atoms with Crippen molar-refractivity contribution in [1.82, 2.24) is 5.32 Å². The first-order valence-corrected chi connectivity index (χ1v) is 5.83. The van der Waals surface area contributed by atoms with Crippen LogP contribution < -0.4 is 5.32 Å². The summed E-state index contributed by atoms with van der Waals surface area (Å²) in [5, 5.41) is 23.8. The first kappa shape index (κ1) is 13.0. The molecule has 2 rings (SSSR count). The van der Waals surface area contributed by atoms with Crippen LogP contribution in [0.4, 0.5) is 4.39 Å². The van der Waals surface area contributed by atoms with Gasteiger partial charge < -0.3 is 15.5 Å². The van der Waals surface area contributed by atoms with E-state index in [2.05, 4.69) is 5.32 Å². The Morgan fingerprint density at radius 1 is 1.11 bits per heavy atom. The molecular formula is C14H16FNO2. The summed E-state index contributed by atoms with van der Waals surface area (Å²) in [7, 11) is 1.69. The largest absolute Gasteiger partial charge is 0.389 e. The van der Waals surface area contributed by atoms with Crippen LogP contribution in [0, 0.1) is 5.82 Å². The Morgan fingerprint density at radius 3 is 2.44 bits per heavy atom. The Kier molecular flexibility index (Phi) is 3.91. The molecule has 2 unspecified atom stereocenters. The SMILES string of the molecule is CNCC(O)C(O)c1ccc(F)c2ccccc12. The molecule has 0 fully saturated rings. The van der Waals surface area contributed by atoms with Crippen LogP contribution in [0.2, 0.25) is 0 Å². The van der Waals surface area contributed by atoms with Crippen LogP contribution >= 0.6 is 0 Å². The van der Waals surface area contributed by atoms with Gasteiger partial charge in [-0.05, 0) is 24.1 Å². The molecule has 96 valence electrons. The van der Waals surface area contributed by atoms with Crippen molar-refractivity contribution in [2.24, 2.45) is 0 Å². The second kappa shape index (κ2) is 5.44. The van der Waals surface area contributed by atoms with E-state index in [0.29, 0.717) is 16.3 Å². The predicted octanol–water partition coefficient (Wildman–Crippen LogP) is 1.59. The van der Waals surface area contributed by atoms with Gasteiger partial charge >= 0.3 is 0 Å². The number of nitrogens with one attached hydrogen (secondary N) is 1. The molecule has 3 nitrogen and oxygen atoms in total. The third kappa shape index (κ3) is 2.36. The van der Waals surface area contributed by atoms with E-state index >= 15 is 0 Å². The van der Waals surface area contributed by atoms with E-state index in [0.717, 1.165) is 0 Å². The third-order valence-corrected chi connectivity index (χ3v) is 3.00. The average molecular weight is 249 g/mol. The van der Waals surface area contributed by atoms with Gasteiger partial charge in [0.05, 0.1) is 6.10 Å². The van der Waals surface area contributed by atoms with Crippen LogP contribution in [0.25, 0.3) is 10.8 Å². The molecule has 2 aromatic carbocycles. The molecule has 0 bridgehead atoms. The maximum absolute atomic E-state index is 13.6. The molecule has 0 spiro atoms. The van der Waals surface area contributed by atoms with Gasteiger partial charge in [-0.1, -0.05) is 30.3 Å². The number of aliphatic hydroxyl groups is 2. The molecule has 2 atom stereocenters. The summed E-state index contributed by atoms with van der Waals surface area (Å²) in [5.41, 5.74) is 0.537. The van der Waals surface area contributed by atoms with Crippen LogP contribution in [0.1, 0.15) is 11.7 Å². The maximum Gasteiger partial charge on any atom is 0.131 e. The lowest BCUT2D eigenvalue weighted by molar-refractivity contribution is 0.0211. The molecule has 0 saturated carbocycles. The lowest BCUT2D eigenvalue weighted by atomic mass is 9.97. The minimum atomic E-state index is -1.04. The Labute approximate surface area is 105 Å². The summed E-state index contributed by atoms with van der Waals surface area (Å²) in [6, 6.07) is 9.75. The van der Waals surface area contributed by atoms with E-state index in [4.69, 9.17) is 0 Å². The van der Waals surface area contributed by atoms with Crippen LogP contribution in [0.3, 0.4) is 0 Å². The highest BCUT2D eigenvalue weighted by molar-refractivity contribution is 5.86. The Hall–Kier alpha value is -1.49. The van der Waals surface area contributed by atoms with Gasteiger partial charge in [0.15, 0.2) is 0 Å². The van der Waals surface area contributed by atoms with E-state index in [-0.39, 0.29) is 12.4 Å². The first-order valence-electron chi connectivity index (χ1n) is 5.83. The second-order valence-corrected chi connectivity index (χ2v) is 4.25.